The molecule has 1 amide bonds. The molecular weight excluding hydrogens is 228 g/mol. The standard InChI is InChI=1S/C14H16N2O2/c1-10(12-5-6-12)16-14(17)9-18-13-4-2-3-11(7-13)8-15/h2-4,7,10,12H,5-6,9H2,1H3,(H,16,17)/t10-/m1/s1. The van der Waals surface area contributed by atoms with Gasteiger partial charge >= 0.3 is 0 Å². The highest BCUT2D eigenvalue weighted by molar-refractivity contribution is 5.77. The molecule has 2 rings (SSSR count). The lowest BCUT2D eigenvalue weighted by atomic mass is 10.2. The minimum absolute atomic E-state index is 0.00799. The molecule has 18 heavy (non-hydrogen) atoms. The fourth-order valence-corrected chi connectivity index (χ4v) is 1.81. The summed E-state index contributed by atoms with van der Waals surface area (Å²) in [5.74, 6) is 1.07. The summed E-state index contributed by atoms with van der Waals surface area (Å²) in [6, 6.07) is 9.05. The molecule has 0 unspecified atom stereocenters. The van der Waals surface area contributed by atoms with Crippen LogP contribution in [0.15, 0.2) is 24.3 Å². The second-order valence-electron chi connectivity index (χ2n) is 4.62. The van der Waals surface area contributed by atoms with E-state index in [1.165, 1.54) is 12.8 Å². The van der Waals surface area contributed by atoms with Gasteiger partial charge in [0, 0.05) is 6.04 Å². The van der Waals surface area contributed by atoms with Crippen LogP contribution < -0.4 is 10.1 Å². The van der Waals surface area contributed by atoms with Gasteiger partial charge < -0.3 is 10.1 Å². The Hall–Kier alpha value is -2.02. The number of nitrogens with one attached hydrogen (secondary N) is 1. The maximum atomic E-state index is 11.6. The molecule has 1 aromatic carbocycles. The monoisotopic (exact) mass is 244 g/mol. The average Bonchev–Trinajstić information content (AvgIpc) is 3.21. The highest BCUT2D eigenvalue weighted by Crippen LogP contribution is 2.32. The summed E-state index contributed by atoms with van der Waals surface area (Å²) in [6.07, 6.45) is 2.40. The van der Waals surface area contributed by atoms with E-state index >= 15 is 0 Å². The molecule has 0 heterocycles. The minimum Gasteiger partial charge on any atom is -0.484 e. The molecule has 0 aromatic heterocycles. The average molecular weight is 244 g/mol. The van der Waals surface area contributed by atoms with Gasteiger partial charge in [-0.25, -0.2) is 0 Å². The van der Waals surface area contributed by atoms with E-state index in [1.54, 1.807) is 24.3 Å². The summed E-state index contributed by atoms with van der Waals surface area (Å²) in [5.41, 5.74) is 0.527. The number of ether oxygens (including phenoxy) is 1. The molecule has 1 saturated carbocycles. The van der Waals surface area contributed by atoms with Crippen LogP contribution in [0, 0.1) is 17.2 Å². The summed E-state index contributed by atoms with van der Waals surface area (Å²) in [4.78, 5) is 11.6. The normalized spacial score (nSPS) is 15.6. The molecule has 0 aliphatic heterocycles. The van der Waals surface area contributed by atoms with Crippen LogP contribution in [-0.2, 0) is 4.79 Å². The molecule has 1 aliphatic carbocycles. The molecule has 0 spiro atoms. The van der Waals surface area contributed by atoms with Crippen molar-refractivity contribution in [3.63, 3.8) is 0 Å². The zero-order chi connectivity index (χ0) is 13.0. The molecule has 4 nitrogen and oxygen atoms in total. The summed E-state index contributed by atoms with van der Waals surface area (Å²) < 4.78 is 5.35. The number of hydrogen-bond donors (Lipinski definition) is 1. The number of benzene rings is 1. The first kappa shape index (κ1) is 12.4. The third kappa shape index (κ3) is 3.49. The smallest absolute Gasteiger partial charge is 0.258 e. The number of nitrogens with zero attached hydrogens (tertiary/aromatic N) is 1. The molecule has 0 radical (unpaired) electrons. The number of nitriles is 1. The summed E-state index contributed by atoms with van der Waals surface area (Å²) in [6.45, 7) is 2.01. The molecular formula is C14H16N2O2. The van der Waals surface area contributed by atoms with Crippen molar-refractivity contribution in [3.05, 3.63) is 29.8 Å². The van der Waals surface area contributed by atoms with Gasteiger partial charge in [-0.2, -0.15) is 5.26 Å². The van der Waals surface area contributed by atoms with E-state index in [-0.39, 0.29) is 18.6 Å². The topological polar surface area (TPSA) is 62.1 Å². The Morgan fingerprint density at radius 2 is 2.39 bits per heavy atom. The molecule has 0 saturated heterocycles. The van der Waals surface area contributed by atoms with Gasteiger partial charge in [-0.05, 0) is 43.9 Å². The van der Waals surface area contributed by atoms with Crippen LogP contribution in [0.1, 0.15) is 25.3 Å². The predicted molar refractivity (Wildman–Crippen MR) is 67.0 cm³/mol. The first-order valence-corrected chi connectivity index (χ1v) is 6.11. The molecule has 1 atom stereocenters. The number of amides is 1. The zero-order valence-corrected chi connectivity index (χ0v) is 10.3. The van der Waals surface area contributed by atoms with Crippen LogP contribution in [0.2, 0.25) is 0 Å². The van der Waals surface area contributed by atoms with Crippen molar-refractivity contribution in [1.29, 1.82) is 5.26 Å². The molecule has 1 aromatic rings. The molecule has 94 valence electrons. The molecule has 1 fully saturated rings. The van der Waals surface area contributed by atoms with Gasteiger partial charge in [0.15, 0.2) is 6.61 Å². The maximum absolute atomic E-state index is 11.6. The highest BCUT2D eigenvalue weighted by atomic mass is 16.5. The van der Waals surface area contributed by atoms with Crippen molar-refractivity contribution in [2.75, 3.05) is 6.61 Å². The van der Waals surface area contributed by atoms with Crippen molar-refractivity contribution < 1.29 is 9.53 Å². The van der Waals surface area contributed by atoms with Crippen molar-refractivity contribution >= 4 is 5.91 Å². The van der Waals surface area contributed by atoms with Crippen molar-refractivity contribution in [1.82, 2.24) is 5.32 Å². The van der Waals surface area contributed by atoms with Crippen LogP contribution in [0.3, 0.4) is 0 Å². The van der Waals surface area contributed by atoms with E-state index in [9.17, 15) is 4.79 Å². The Bertz CT molecular complexity index is 475. The lowest BCUT2D eigenvalue weighted by molar-refractivity contribution is -0.123. The van der Waals surface area contributed by atoms with E-state index in [2.05, 4.69) is 5.32 Å². The Labute approximate surface area is 107 Å². The number of carbonyl (C=O) groups is 1. The van der Waals surface area contributed by atoms with Gasteiger partial charge in [-0.15, -0.1) is 0 Å². The summed E-state index contributed by atoms with van der Waals surface area (Å²) in [5, 5.41) is 11.7. The van der Waals surface area contributed by atoms with Crippen LogP contribution in [0.5, 0.6) is 5.75 Å². The number of rotatable bonds is 5. The quantitative estimate of drug-likeness (QED) is 0.859. The van der Waals surface area contributed by atoms with E-state index in [0.717, 1.165) is 0 Å². The Morgan fingerprint density at radius 3 is 3.06 bits per heavy atom. The van der Waals surface area contributed by atoms with E-state index < -0.39 is 0 Å². The molecule has 1 aliphatic rings. The summed E-state index contributed by atoms with van der Waals surface area (Å²) in [7, 11) is 0. The van der Waals surface area contributed by atoms with Gasteiger partial charge in [-0.1, -0.05) is 6.07 Å². The third-order valence-corrected chi connectivity index (χ3v) is 3.05. The Kier molecular flexibility index (Phi) is 3.83. The molecule has 4 heteroatoms. The van der Waals surface area contributed by atoms with Crippen LogP contribution in [-0.4, -0.2) is 18.6 Å². The van der Waals surface area contributed by atoms with Crippen molar-refractivity contribution in [2.45, 2.75) is 25.8 Å². The van der Waals surface area contributed by atoms with Crippen molar-refractivity contribution in [3.8, 4) is 11.8 Å². The Balaban J connectivity index is 1.79. The number of carbonyl (C=O) groups excluding carboxylic acids is 1. The van der Waals surface area contributed by atoms with E-state index in [0.29, 0.717) is 17.2 Å². The lowest BCUT2D eigenvalue weighted by Gasteiger charge is -2.13. The van der Waals surface area contributed by atoms with E-state index in [1.807, 2.05) is 13.0 Å². The fourth-order valence-electron chi connectivity index (χ4n) is 1.81. The molecule has 0 bridgehead atoms. The van der Waals surface area contributed by atoms with Crippen LogP contribution in [0.25, 0.3) is 0 Å². The minimum atomic E-state index is -0.114. The van der Waals surface area contributed by atoms with Crippen LogP contribution >= 0.6 is 0 Å². The fraction of sp³-hybridized carbons (Fsp3) is 0.429. The second kappa shape index (κ2) is 5.54. The SMILES string of the molecule is C[C@@H](NC(=O)COc1cccc(C#N)c1)C1CC1. The van der Waals surface area contributed by atoms with E-state index in [4.69, 9.17) is 10.00 Å². The third-order valence-electron chi connectivity index (χ3n) is 3.05. The van der Waals surface area contributed by atoms with Gasteiger partial charge in [0.2, 0.25) is 0 Å². The van der Waals surface area contributed by atoms with Gasteiger partial charge in [0.05, 0.1) is 11.6 Å². The first-order valence-electron chi connectivity index (χ1n) is 6.11. The number of hydrogen-bond acceptors (Lipinski definition) is 3. The predicted octanol–water partition coefficient (Wildman–Crippen LogP) is 1.85. The van der Waals surface area contributed by atoms with Gasteiger partial charge in [-0.3, -0.25) is 4.79 Å². The van der Waals surface area contributed by atoms with Gasteiger partial charge in [0.1, 0.15) is 5.75 Å². The maximum Gasteiger partial charge on any atom is 0.258 e. The first-order chi connectivity index (χ1) is 8.69. The summed E-state index contributed by atoms with van der Waals surface area (Å²) >= 11 is 0. The molecule has 1 N–H and O–H groups in total. The highest BCUT2D eigenvalue weighted by Gasteiger charge is 2.28. The van der Waals surface area contributed by atoms with Gasteiger partial charge in [0.25, 0.3) is 5.91 Å². The lowest BCUT2D eigenvalue weighted by Crippen LogP contribution is -2.37. The Morgan fingerprint density at radius 1 is 1.61 bits per heavy atom. The van der Waals surface area contributed by atoms with Crippen molar-refractivity contribution in [2.24, 2.45) is 5.92 Å². The largest absolute Gasteiger partial charge is 0.484 e. The zero-order valence-electron chi connectivity index (χ0n) is 10.3. The van der Waals surface area contributed by atoms with Crippen LogP contribution in [0.4, 0.5) is 0 Å². The second-order valence-corrected chi connectivity index (χ2v) is 4.62.